The van der Waals surface area contributed by atoms with Crippen LogP contribution in [0, 0.1) is 0 Å². The van der Waals surface area contributed by atoms with Crippen molar-refractivity contribution in [2.75, 3.05) is 26.7 Å². The molecule has 52 valence electrons. The maximum Gasteiger partial charge on any atom is 0.110 e. The van der Waals surface area contributed by atoms with E-state index in [1.54, 1.807) is 0 Å². The van der Waals surface area contributed by atoms with Gasteiger partial charge < -0.3 is 10.6 Å². The summed E-state index contributed by atoms with van der Waals surface area (Å²) in [7, 11) is 1.81. The molecule has 0 aromatic carbocycles. The van der Waals surface area contributed by atoms with Crippen LogP contribution in [-0.4, -0.2) is 32.5 Å². The number of hydrogen-bond acceptors (Lipinski definition) is 2. The van der Waals surface area contributed by atoms with Gasteiger partial charge in [-0.1, -0.05) is 0 Å². The van der Waals surface area contributed by atoms with E-state index in [1.807, 2.05) is 7.05 Å². The standard InChI is InChI=1S/C6H13N3/c1-7-6-5-8-3-2-4-9-6/h8H,2-5H2,1H3,(H,7,9). The first-order valence-corrected chi connectivity index (χ1v) is 3.34. The molecule has 1 aliphatic heterocycles. The van der Waals surface area contributed by atoms with Crippen LogP contribution in [0.2, 0.25) is 0 Å². The van der Waals surface area contributed by atoms with Gasteiger partial charge in [-0.05, 0) is 13.0 Å². The molecular weight excluding hydrogens is 114 g/mol. The lowest BCUT2D eigenvalue weighted by atomic mass is 10.4. The van der Waals surface area contributed by atoms with Gasteiger partial charge in [-0.25, -0.2) is 0 Å². The second-order valence-corrected chi connectivity index (χ2v) is 2.13. The SMILES string of the molecule is CN=C1CNCCCN1. The quantitative estimate of drug-likeness (QED) is 0.464. The highest BCUT2D eigenvalue weighted by atomic mass is 15.0. The maximum atomic E-state index is 4.05. The van der Waals surface area contributed by atoms with Crippen molar-refractivity contribution in [3.8, 4) is 0 Å². The van der Waals surface area contributed by atoms with Crippen LogP contribution in [0.4, 0.5) is 0 Å². The van der Waals surface area contributed by atoms with Gasteiger partial charge in [0.1, 0.15) is 5.84 Å². The van der Waals surface area contributed by atoms with E-state index in [0.717, 1.165) is 25.5 Å². The first-order valence-electron chi connectivity index (χ1n) is 3.34. The van der Waals surface area contributed by atoms with E-state index in [9.17, 15) is 0 Å². The summed E-state index contributed by atoms with van der Waals surface area (Å²) < 4.78 is 0. The first-order chi connectivity index (χ1) is 4.43. The zero-order chi connectivity index (χ0) is 6.53. The van der Waals surface area contributed by atoms with Crippen LogP contribution < -0.4 is 10.6 Å². The molecule has 1 rings (SSSR count). The largest absolute Gasteiger partial charge is 0.373 e. The van der Waals surface area contributed by atoms with Crippen molar-refractivity contribution in [1.29, 1.82) is 0 Å². The van der Waals surface area contributed by atoms with Gasteiger partial charge in [-0.15, -0.1) is 0 Å². The van der Waals surface area contributed by atoms with Gasteiger partial charge in [0.25, 0.3) is 0 Å². The summed E-state index contributed by atoms with van der Waals surface area (Å²) in [5.41, 5.74) is 0. The van der Waals surface area contributed by atoms with Gasteiger partial charge in [0.2, 0.25) is 0 Å². The summed E-state index contributed by atoms with van der Waals surface area (Å²) >= 11 is 0. The average molecular weight is 127 g/mol. The van der Waals surface area contributed by atoms with E-state index in [2.05, 4.69) is 15.6 Å². The van der Waals surface area contributed by atoms with E-state index in [0.29, 0.717) is 0 Å². The summed E-state index contributed by atoms with van der Waals surface area (Å²) in [6, 6.07) is 0. The van der Waals surface area contributed by atoms with Crippen LogP contribution in [0.3, 0.4) is 0 Å². The van der Waals surface area contributed by atoms with Gasteiger partial charge in [-0.3, -0.25) is 4.99 Å². The van der Waals surface area contributed by atoms with Gasteiger partial charge in [0.15, 0.2) is 0 Å². The molecule has 0 unspecified atom stereocenters. The Morgan fingerprint density at radius 2 is 2.33 bits per heavy atom. The number of nitrogens with zero attached hydrogens (tertiary/aromatic N) is 1. The van der Waals surface area contributed by atoms with Gasteiger partial charge in [0, 0.05) is 13.6 Å². The Bertz CT molecular complexity index is 98.9. The third-order valence-corrected chi connectivity index (χ3v) is 1.42. The molecule has 0 radical (unpaired) electrons. The molecule has 0 aromatic heterocycles. The summed E-state index contributed by atoms with van der Waals surface area (Å²) in [5.74, 6) is 1.08. The highest BCUT2D eigenvalue weighted by molar-refractivity contribution is 5.84. The molecule has 0 amide bonds. The van der Waals surface area contributed by atoms with Crippen molar-refractivity contribution in [2.45, 2.75) is 6.42 Å². The molecular formula is C6H13N3. The average Bonchev–Trinajstić information content (AvgIpc) is 2.13. The van der Waals surface area contributed by atoms with Crippen molar-refractivity contribution in [3.05, 3.63) is 0 Å². The molecule has 0 saturated carbocycles. The summed E-state index contributed by atoms with van der Waals surface area (Å²) in [6.45, 7) is 3.06. The Labute approximate surface area is 55.6 Å². The molecule has 2 N–H and O–H groups in total. The Balaban J connectivity index is 2.36. The van der Waals surface area contributed by atoms with Crippen LogP contribution in [0.25, 0.3) is 0 Å². The molecule has 0 aliphatic carbocycles. The molecule has 0 atom stereocenters. The molecule has 0 bridgehead atoms. The van der Waals surface area contributed by atoms with E-state index in [1.165, 1.54) is 6.42 Å². The molecule has 9 heavy (non-hydrogen) atoms. The molecule has 0 aromatic rings. The van der Waals surface area contributed by atoms with Crippen LogP contribution in [0.15, 0.2) is 4.99 Å². The Hall–Kier alpha value is -0.570. The summed E-state index contributed by atoms with van der Waals surface area (Å²) in [6.07, 6.45) is 1.19. The fourth-order valence-electron chi connectivity index (χ4n) is 0.873. The normalized spacial score (nSPS) is 25.2. The third kappa shape index (κ3) is 2.01. The number of nitrogens with one attached hydrogen (secondary N) is 2. The summed E-state index contributed by atoms with van der Waals surface area (Å²) in [4.78, 5) is 4.05. The van der Waals surface area contributed by atoms with E-state index in [-0.39, 0.29) is 0 Å². The highest BCUT2D eigenvalue weighted by Crippen LogP contribution is 1.80. The molecule has 1 fully saturated rings. The molecule has 1 heterocycles. The lowest BCUT2D eigenvalue weighted by Gasteiger charge is -2.01. The lowest BCUT2D eigenvalue weighted by Crippen LogP contribution is -2.29. The molecule has 1 aliphatic rings. The first kappa shape index (κ1) is 6.55. The van der Waals surface area contributed by atoms with Gasteiger partial charge >= 0.3 is 0 Å². The zero-order valence-corrected chi connectivity index (χ0v) is 5.78. The Morgan fingerprint density at radius 3 is 3.11 bits per heavy atom. The van der Waals surface area contributed by atoms with Crippen molar-refractivity contribution in [3.63, 3.8) is 0 Å². The maximum absolute atomic E-state index is 4.05. The van der Waals surface area contributed by atoms with Gasteiger partial charge in [-0.2, -0.15) is 0 Å². The van der Waals surface area contributed by atoms with Crippen molar-refractivity contribution >= 4 is 5.84 Å². The Morgan fingerprint density at radius 1 is 1.44 bits per heavy atom. The number of aliphatic imine (C=N–C) groups is 1. The third-order valence-electron chi connectivity index (χ3n) is 1.42. The fraction of sp³-hybridized carbons (Fsp3) is 0.833. The van der Waals surface area contributed by atoms with Crippen molar-refractivity contribution in [2.24, 2.45) is 4.99 Å². The lowest BCUT2D eigenvalue weighted by molar-refractivity contribution is 0.728. The second-order valence-electron chi connectivity index (χ2n) is 2.13. The van der Waals surface area contributed by atoms with Crippen molar-refractivity contribution in [1.82, 2.24) is 10.6 Å². The topological polar surface area (TPSA) is 36.4 Å². The minimum atomic E-state index is 0.899. The highest BCUT2D eigenvalue weighted by Gasteiger charge is 2.00. The molecule has 3 nitrogen and oxygen atoms in total. The molecule has 3 heteroatoms. The second kappa shape index (κ2) is 3.45. The fourth-order valence-corrected chi connectivity index (χ4v) is 0.873. The Kier molecular flexibility index (Phi) is 2.51. The van der Waals surface area contributed by atoms with Crippen LogP contribution >= 0.6 is 0 Å². The minimum Gasteiger partial charge on any atom is -0.373 e. The predicted molar refractivity (Wildman–Crippen MR) is 38.8 cm³/mol. The number of hydrogen-bond donors (Lipinski definition) is 2. The number of rotatable bonds is 0. The van der Waals surface area contributed by atoms with E-state index in [4.69, 9.17) is 0 Å². The van der Waals surface area contributed by atoms with Crippen LogP contribution in [0.5, 0.6) is 0 Å². The van der Waals surface area contributed by atoms with Crippen LogP contribution in [-0.2, 0) is 0 Å². The van der Waals surface area contributed by atoms with Crippen molar-refractivity contribution < 1.29 is 0 Å². The van der Waals surface area contributed by atoms with Crippen LogP contribution in [0.1, 0.15) is 6.42 Å². The predicted octanol–water partition coefficient (Wildman–Crippen LogP) is -0.402. The van der Waals surface area contributed by atoms with E-state index < -0.39 is 0 Å². The monoisotopic (exact) mass is 127 g/mol. The molecule has 1 saturated heterocycles. The van der Waals surface area contributed by atoms with E-state index >= 15 is 0 Å². The smallest absolute Gasteiger partial charge is 0.110 e. The summed E-state index contributed by atoms with van der Waals surface area (Å²) in [5, 5.41) is 6.47. The zero-order valence-electron chi connectivity index (χ0n) is 5.78. The molecule has 0 spiro atoms. The number of amidine groups is 1. The van der Waals surface area contributed by atoms with Gasteiger partial charge in [0.05, 0.1) is 6.54 Å². The minimum absolute atomic E-state index is 0.899.